The first kappa shape index (κ1) is 17.5. The Hall–Kier alpha value is -2.87. The number of rotatable bonds is 5. The minimum Gasteiger partial charge on any atom is -0.322 e. The quantitative estimate of drug-likeness (QED) is 0.711. The molecule has 0 aromatic heterocycles. The van der Waals surface area contributed by atoms with Crippen LogP contribution in [0, 0.1) is 11.8 Å². The lowest BCUT2D eigenvalue weighted by Crippen LogP contribution is -2.21. The van der Waals surface area contributed by atoms with Crippen LogP contribution in [0.1, 0.15) is 36.5 Å². The summed E-state index contributed by atoms with van der Waals surface area (Å²) >= 11 is 0. The summed E-state index contributed by atoms with van der Waals surface area (Å²) in [4.78, 5) is 12.6. The second-order valence-corrected chi connectivity index (χ2v) is 7.38. The number of allylic oxidation sites excluding steroid dienone is 5. The third-order valence-electron chi connectivity index (χ3n) is 5.56. The molecule has 1 N–H and O–H groups in total. The van der Waals surface area contributed by atoms with Crippen LogP contribution in [0.5, 0.6) is 0 Å². The Labute approximate surface area is 161 Å². The van der Waals surface area contributed by atoms with Gasteiger partial charge in [0.25, 0.3) is 5.91 Å². The molecular weight excluding hydrogens is 330 g/mol. The second-order valence-electron chi connectivity index (χ2n) is 7.38. The summed E-state index contributed by atoms with van der Waals surface area (Å²) in [5.74, 6) is 1.54. The van der Waals surface area contributed by atoms with E-state index in [1.807, 2.05) is 54.6 Å². The van der Waals surface area contributed by atoms with E-state index >= 15 is 0 Å². The van der Waals surface area contributed by atoms with Gasteiger partial charge in [-0.05, 0) is 60.1 Å². The number of carbonyl (C=O) groups is 1. The molecule has 1 fully saturated rings. The molecule has 0 spiro atoms. The highest BCUT2D eigenvalue weighted by atomic mass is 16.1. The molecule has 2 aliphatic rings. The number of hydrogen-bond acceptors (Lipinski definition) is 1. The topological polar surface area (TPSA) is 29.1 Å². The third kappa shape index (κ3) is 4.11. The zero-order chi connectivity index (χ0) is 18.6. The molecule has 2 aromatic carbocycles. The molecule has 2 aromatic rings. The molecule has 0 unspecified atom stereocenters. The highest BCUT2D eigenvalue weighted by Crippen LogP contribution is 2.47. The van der Waals surface area contributed by atoms with Gasteiger partial charge in [-0.1, -0.05) is 73.5 Å². The van der Waals surface area contributed by atoms with Crippen LogP contribution >= 0.6 is 0 Å². The smallest absolute Gasteiger partial charge is 0.255 e. The van der Waals surface area contributed by atoms with Gasteiger partial charge in [-0.15, -0.1) is 0 Å². The molecule has 2 nitrogen and oxygen atoms in total. The van der Waals surface area contributed by atoms with E-state index in [1.54, 1.807) is 0 Å². The van der Waals surface area contributed by atoms with Gasteiger partial charge < -0.3 is 5.32 Å². The van der Waals surface area contributed by atoms with Gasteiger partial charge in [0.1, 0.15) is 0 Å². The SMILES string of the molecule is CC[C@H]1C[C@H]1C1=CC=C(NC(=O)c2ccc(-c3ccccc3)cc2)C=CC1. The van der Waals surface area contributed by atoms with E-state index in [1.165, 1.54) is 18.4 Å². The van der Waals surface area contributed by atoms with Crippen molar-refractivity contribution in [2.24, 2.45) is 11.8 Å². The molecule has 0 aliphatic heterocycles. The van der Waals surface area contributed by atoms with Crippen molar-refractivity contribution in [1.82, 2.24) is 5.32 Å². The van der Waals surface area contributed by atoms with Crippen LogP contribution in [-0.2, 0) is 0 Å². The zero-order valence-corrected chi connectivity index (χ0v) is 15.7. The number of hydrogen-bond donors (Lipinski definition) is 1. The van der Waals surface area contributed by atoms with Crippen molar-refractivity contribution in [3.8, 4) is 11.1 Å². The first-order valence-corrected chi connectivity index (χ1v) is 9.78. The molecule has 4 rings (SSSR count). The molecule has 27 heavy (non-hydrogen) atoms. The minimum absolute atomic E-state index is 0.0692. The van der Waals surface area contributed by atoms with E-state index in [0.29, 0.717) is 5.56 Å². The predicted molar refractivity (Wildman–Crippen MR) is 111 cm³/mol. The van der Waals surface area contributed by atoms with Crippen molar-refractivity contribution in [2.45, 2.75) is 26.2 Å². The Morgan fingerprint density at radius 2 is 1.74 bits per heavy atom. The first-order valence-electron chi connectivity index (χ1n) is 9.78. The Morgan fingerprint density at radius 1 is 1.00 bits per heavy atom. The maximum Gasteiger partial charge on any atom is 0.255 e. The van der Waals surface area contributed by atoms with Gasteiger partial charge in [-0.3, -0.25) is 4.79 Å². The maximum atomic E-state index is 12.6. The molecule has 2 heteroatoms. The van der Waals surface area contributed by atoms with E-state index in [9.17, 15) is 4.79 Å². The molecule has 2 aliphatic carbocycles. The van der Waals surface area contributed by atoms with Gasteiger partial charge in [0.15, 0.2) is 0 Å². The summed E-state index contributed by atoms with van der Waals surface area (Å²) in [5.41, 5.74) is 5.29. The molecule has 1 saturated carbocycles. The highest BCUT2D eigenvalue weighted by molar-refractivity contribution is 5.96. The van der Waals surface area contributed by atoms with Crippen molar-refractivity contribution < 1.29 is 4.79 Å². The van der Waals surface area contributed by atoms with E-state index in [2.05, 4.69) is 36.5 Å². The zero-order valence-electron chi connectivity index (χ0n) is 15.7. The number of amides is 1. The highest BCUT2D eigenvalue weighted by Gasteiger charge is 2.37. The summed E-state index contributed by atoms with van der Waals surface area (Å²) in [7, 11) is 0. The number of nitrogens with one attached hydrogen (secondary N) is 1. The normalized spacial score (nSPS) is 21.1. The van der Waals surface area contributed by atoms with E-state index < -0.39 is 0 Å². The van der Waals surface area contributed by atoms with E-state index in [0.717, 1.165) is 35.1 Å². The molecular formula is C25H25NO. The Balaban J connectivity index is 1.43. The van der Waals surface area contributed by atoms with Crippen molar-refractivity contribution in [1.29, 1.82) is 0 Å². The van der Waals surface area contributed by atoms with Gasteiger partial charge in [-0.25, -0.2) is 0 Å². The van der Waals surface area contributed by atoms with E-state index in [-0.39, 0.29) is 5.91 Å². The Kier molecular flexibility index (Phi) is 5.06. The molecule has 0 heterocycles. The third-order valence-corrected chi connectivity index (χ3v) is 5.56. The summed E-state index contributed by atoms with van der Waals surface area (Å²) in [6.07, 6.45) is 12.0. The van der Waals surface area contributed by atoms with Crippen LogP contribution in [0.25, 0.3) is 11.1 Å². The summed E-state index contributed by atoms with van der Waals surface area (Å²) in [6.45, 7) is 2.27. The van der Waals surface area contributed by atoms with Gasteiger partial charge in [0.2, 0.25) is 0 Å². The standard InChI is InChI=1S/C25H25NO/c1-2-18-17-24(18)21-9-6-10-23(16-15-21)26-25(27)22-13-11-20(12-14-22)19-7-4-3-5-8-19/h3-8,10-16,18,24H,2,9,17H2,1H3,(H,26,27)/t18-,24+/m0/s1. The van der Waals surface area contributed by atoms with Crippen molar-refractivity contribution in [3.63, 3.8) is 0 Å². The van der Waals surface area contributed by atoms with Crippen LogP contribution in [-0.4, -0.2) is 5.91 Å². The summed E-state index contributed by atoms with van der Waals surface area (Å²) in [6, 6.07) is 18.0. The fourth-order valence-corrected chi connectivity index (χ4v) is 3.80. The van der Waals surface area contributed by atoms with Crippen LogP contribution in [0.4, 0.5) is 0 Å². The lowest BCUT2D eigenvalue weighted by Gasteiger charge is -2.07. The predicted octanol–water partition coefficient (Wildman–Crippen LogP) is 5.90. The largest absolute Gasteiger partial charge is 0.322 e. The van der Waals surface area contributed by atoms with Crippen LogP contribution in [0.15, 0.2) is 90.2 Å². The molecule has 1 amide bonds. The fraction of sp³-hybridized carbons (Fsp3) is 0.240. The second kappa shape index (κ2) is 7.79. The van der Waals surface area contributed by atoms with Crippen molar-refractivity contribution >= 4 is 5.91 Å². The van der Waals surface area contributed by atoms with E-state index in [4.69, 9.17) is 0 Å². The molecule has 2 atom stereocenters. The monoisotopic (exact) mass is 355 g/mol. The number of carbonyl (C=O) groups excluding carboxylic acids is 1. The van der Waals surface area contributed by atoms with Gasteiger partial charge >= 0.3 is 0 Å². The van der Waals surface area contributed by atoms with Crippen LogP contribution < -0.4 is 5.32 Å². The molecule has 0 saturated heterocycles. The Morgan fingerprint density at radius 3 is 2.44 bits per heavy atom. The molecule has 136 valence electrons. The lowest BCUT2D eigenvalue weighted by atomic mass is 10.0. The van der Waals surface area contributed by atoms with Gasteiger partial charge in [0, 0.05) is 11.3 Å². The average molecular weight is 355 g/mol. The van der Waals surface area contributed by atoms with Crippen molar-refractivity contribution in [3.05, 3.63) is 95.7 Å². The number of benzene rings is 2. The first-order chi connectivity index (χ1) is 13.2. The van der Waals surface area contributed by atoms with Crippen LogP contribution in [0.3, 0.4) is 0 Å². The van der Waals surface area contributed by atoms with Crippen LogP contribution in [0.2, 0.25) is 0 Å². The Bertz CT molecular complexity index is 903. The molecule has 0 radical (unpaired) electrons. The van der Waals surface area contributed by atoms with Gasteiger partial charge in [0.05, 0.1) is 0 Å². The lowest BCUT2D eigenvalue weighted by molar-refractivity contribution is 0.0967. The fourth-order valence-electron chi connectivity index (χ4n) is 3.80. The summed E-state index contributed by atoms with van der Waals surface area (Å²) in [5, 5.41) is 3.03. The van der Waals surface area contributed by atoms with Gasteiger partial charge in [-0.2, -0.15) is 0 Å². The summed E-state index contributed by atoms with van der Waals surface area (Å²) < 4.78 is 0. The minimum atomic E-state index is -0.0692. The average Bonchev–Trinajstić information content (AvgIpc) is 3.52. The van der Waals surface area contributed by atoms with Crippen molar-refractivity contribution in [2.75, 3.05) is 0 Å². The molecule has 0 bridgehead atoms. The maximum absolute atomic E-state index is 12.6.